The fourth-order valence-corrected chi connectivity index (χ4v) is 3.22. The fraction of sp³-hybridized carbons (Fsp3) is 0.556. The normalized spacial score (nSPS) is 17.6. The zero-order valence-electron chi connectivity index (χ0n) is 16.0. The first-order valence-electron chi connectivity index (χ1n) is 9.07. The number of halogens is 3. The van der Waals surface area contributed by atoms with Crippen LogP contribution in [-0.4, -0.2) is 45.4 Å². The van der Waals surface area contributed by atoms with Gasteiger partial charge in [0.15, 0.2) is 5.69 Å². The Balaban J connectivity index is 1.99. The summed E-state index contributed by atoms with van der Waals surface area (Å²) in [6.07, 6.45) is -1.86. The molecule has 0 bridgehead atoms. The SMILES string of the molecule is CCOC(=O)C1CCCN(c2nc(-c3cnn(C)c3C)cc(C(F)(F)F)n2)C1. The van der Waals surface area contributed by atoms with Crippen LogP contribution in [0.3, 0.4) is 0 Å². The molecular weight excluding hydrogens is 375 g/mol. The first-order chi connectivity index (χ1) is 13.2. The van der Waals surface area contributed by atoms with Gasteiger partial charge in [-0.2, -0.15) is 18.3 Å². The standard InChI is InChI=1S/C18H22F3N5O2/c1-4-28-16(27)12-6-5-7-26(10-12)17-23-14(8-15(24-17)18(19,20)21)13-9-22-25(3)11(13)2/h8-9,12H,4-7,10H2,1-3H3. The summed E-state index contributed by atoms with van der Waals surface area (Å²) in [5.74, 6) is -0.792. The number of carbonyl (C=O) groups excluding carboxylic acids is 1. The summed E-state index contributed by atoms with van der Waals surface area (Å²) in [5.41, 5.74) is 0.339. The molecule has 0 amide bonds. The van der Waals surface area contributed by atoms with Gasteiger partial charge in [-0.25, -0.2) is 9.97 Å². The maximum Gasteiger partial charge on any atom is 0.433 e. The summed E-state index contributed by atoms with van der Waals surface area (Å²) in [6.45, 7) is 4.44. The zero-order chi connectivity index (χ0) is 20.5. The lowest BCUT2D eigenvalue weighted by atomic mass is 9.98. The Morgan fingerprint density at radius 1 is 1.36 bits per heavy atom. The van der Waals surface area contributed by atoms with Crippen molar-refractivity contribution in [3.8, 4) is 11.3 Å². The zero-order valence-corrected chi connectivity index (χ0v) is 16.0. The molecule has 28 heavy (non-hydrogen) atoms. The van der Waals surface area contributed by atoms with E-state index in [4.69, 9.17) is 4.74 Å². The van der Waals surface area contributed by atoms with E-state index >= 15 is 0 Å². The van der Waals surface area contributed by atoms with Crippen LogP contribution in [0.4, 0.5) is 19.1 Å². The number of aryl methyl sites for hydroxylation is 1. The largest absolute Gasteiger partial charge is 0.466 e. The Morgan fingerprint density at radius 3 is 2.71 bits per heavy atom. The van der Waals surface area contributed by atoms with Gasteiger partial charge < -0.3 is 9.64 Å². The van der Waals surface area contributed by atoms with Crippen LogP contribution in [0, 0.1) is 12.8 Å². The number of hydrogen-bond acceptors (Lipinski definition) is 6. The lowest BCUT2D eigenvalue weighted by Crippen LogP contribution is -2.40. The van der Waals surface area contributed by atoms with Crippen LogP contribution in [0.1, 0.15) is 31.2 Å². The van der Waals surface area contributed by atoms with Gasteiger partial charge in [-0.3, -0.25) is 9.48 Å². The second kappa shape index (κ2) is 7.76. The Labute approximate surface area is 160 Å². The van der Waals surface area contributed by atoms with Crippen LogP contribution >= 0.6 is 0 Å². The molecule has 0 aromatic carbocycles. The molecule has 0 saturated carbocycles. The molecule has 2 aromatic heterocycles. The third kappa shape index (κ3) is 4.10. The van der Waals surface area contributed by atoms with Crippen molar-refractivity contribution in [1.29, 1.82) is 0 Å². The summed E-state index contributed by atoms with van der Waals surface area (Å²) < 4.78 is 46.9. The smallest absolute Gasteiger partial charge is 0.433 e. The number of ether oxygens (including phenoxy) is 1. The highest BCUT2D eigenvalue weighted by atomic mass is 19.4. The topological polar surface area (TPSA) is 73.1 Å². The van der Waals surface area contributed by atoms with Crippen molar-refractivity contribution >= 4 is 11.9 Å². The van der Waals surface area contributed by atoms with Crippen molar-refractivity contribution < 1.29 is 22.7 Å². The van der Waals surface area contributed by atoms with Crippen molar-refractivity contribution in [3.63, 3.8) is 0 Å². The van der Waals surface area contributed by atoms with Gasteiger partial charge in [-0.15, -0.1) is 0 Å². The highest BCUT2D eigenvalue weighted by molar-refractivity contribution is 5.73. The van der Waals surface area contributed by atoms with Gasteiger partial charge in [0, 0.05) is 31.4 Å². The number of aromatic nitrogens is 4. The molecule has 3 rings (SSSR count). The first kappa shape index (κ1) is 20.1. The molecule has 1 aliphatic heterocycles. The van der Waals surface area contributed by atoms with Crippen LogP contribution in [0.5, 0.6) is 0 Å². The molecule has 0 spiro atoms. The summed E-state index contributed by atoms with van der Waals surface area (Å²) in [4.78, 5) is 21.8. The van der Waals surface area contributed by atoms with Crippen LogP contribution in [0.25, 0.3) is 11.3 Å². The van der Waals surface area contributed by atoms with Crippen molar-refractivity contribution in [2.24, 2.45) is 13.0 Å². The van der Waals surface area contributed by atoms with Crippen LogP contribution in [-0.2, 0) is 22.8 Å². The predicted molar refractivity (Wildman–Crippen MR) is 95.5 cm³/mol. The third-order valence-electron chi connectivity index (χ3n) is 4.84. The molecule has 7 nitrogen and oxygen atoms in total. The molecular formula is C18H22F3N5O2. The Morgan fingerprint density at radius 2 is 2.11 bits per heavy atom. The molecule has 1 aliphatic rings. The summed E-state index contributed by atoms with van der Waals surface area (Å²) in [7, 11) is 1.71. The van der Waals surface area contributed by atoms with Gasteiger partial charge >= 0.3 is 12.1 Å². The van der Waals surface area contributed by atoms with E-state index in [1.54, 1.807) is 30.5 Å². The van der Waals surface area contributed by atoms with Crippen LogP contribution in [0.15, 0.2) is 12.3 Å². The van der Waals surface area contributed by atoms with Gasteiger partial charge in [0.1, 0.15) is 0 Å². The van der Waals surface area contributed by atoms with Gasteiger partial charge in [0.05, 0.1) is 24.4 Å². The number of hydrogen-bond donors (Lipinski definition) is 0. The molecule has 0 N–H and O–H groups in total. The minimum Gasteiger partial charge on any atom is -0.466 e. The molecule has 1 unspecified atom stereocenters. The van der Waals surface area contributed by atoms with Crippen molar-refractivity contribution in [2.45, 2.75) is 32.9 Å². The van der Waals surface area contributed by atoms with E-state index in [9.17, 15) is 18.0 Å². The predicted octanol–water partition coefficient (Wildman–Crippen LogP) is 2.98. The molecule has 152 valence electrons. The monoisotopic (exact) mass is 397 g/mol. The fourth-order valence-electron chi connectivity index (χ4n) is 3.22. The number of piperidine rings is 1. The third-order valence-corrected chi connectivity index (χ3v) is 4.84. The first-order valence-corrected chi connectivity index (χ1v) is 9.07. The van der Waals surface area contributed by atoms with Crippen LogP contribution < -0.4 is 4.90 Å². The summed E-state index contributed by atoms with van der Waals surface area (Å²) in [5, 5.41) is 4.08. The molecule has 2 aromatic rings. The number of rotatable bonds is 4. The van der Waals surface area contributed by atoms with Gasteiger partial charge in [-0.1, -0.05) is 0 Å². The van der Waals surface area contributed by atoms with E-state index in [1.165, 1.54) is 6.20 Å². The number of carbonyl (C=O) groups is 1. The molecule has 0 aliphatic carbocycles. The average molecular weight is 397 g/mol. The lowest BCUT2D eigenvalue weighted by Gasteiger charge is -2.32. The summed E-state index contributed by atoms with van der Waals surface area (Å²) in [6, 6.07) is 0.931. The Hall–Kier alpha value is -2.65. The maximum absolute atomic E-state index is 13.4. The number of nitrogens with zero attached hydrogens (tertiary/aromatic N) is 5. The molecule has 3 heterocycles. The van der Waals surface area contributed by atoms with E-state index in [0.29, 0.717) is 30.6 Å². The van der Waals surface area contributed by atoms with Gasteiger partial charge in [0.2, 0.25) is 5.95 Å². The second-order valence-electron chi connectivity index (χ2n) is 6.74. The maximum atomic E-state index is 13.4. The quantitative estimate of drug-likeness (QED) is 0.739. The van der Waals surface area contributed by atoms with E-state index in [2.05, 4.69) is 15.1 Å². The summed E-state index contributed by atoms with van der Waals surface area (Å²) >= 11 is 0. The number of alkyl halides is 3. The van der Waals surface area contributed by atoms with Crippen molar-refractivity contribution in [3.05, 3.63) is 23.7 Å². The van der Waals surface area contributed by atoms with Crippen LogP contribution in [0.2, 0.25) is 0 Å². The number of esters is 1. The Kier molecular flexibility index (Phi) is 5.57. The van der Waals surface area contributed by atoms with Gasteiger partial charge in [0.25, 0.3) is 0 Å². The average Bonchev–Trinajstić information content (AvgIpc) is 3.00. The van der Waals surface area contributed by atoms with E-state index < -0.39 is 17.8 Å². The highest BCUT2D eigenvalue weighted by Crippen LogP contribution is 2.33. The second-order valence-corrected chi connectivity index (χ2v) is 6.74. The van der Waals surface area contributed by atoms with E-state index in [0.717, 1.165) is 6.07 Å². The van der Waals surface area contributed by atoms with E-state index in [-0.39, 0.29) is 30.8 Å². The minimum atomic E-state index is -4.61. The highest BCUT2D eigenvalue weighted by Gasteiger charge is 2.36. The molecule has 0 radical (unpaired) electrons. The molecule has 10 heteroatoms. The number of anilines is 1. The van der Waals surface area contributed by atoms with E-state index in [1.807, 2.05) is 0 Å². The molecule has 1 fully saturated rings. The lowest BCUT2D eigenvalue weighted by molar-refractivity contribution is -0.148. The molecule has 1 saturated heterocycles. The minimum absolute atomic E-state index is 0.0397. The Bertz CT molecular complexity index is 865. The molecule has 1 atom stereocenters. The van der Waals surface area contributed by atoms with Crippen molar-refractivity contribution in [1.82, 2.24) is 19.7 Å². The van der Waals surface area contributed by atoms with Crippen molar-refractivity contribution in [2.75, 3.05) is 24.6 Å². The van der Waals surface area contributed by atoms with Gasteiger partial charge in [-0.05, 0) is 32.8 Å².